The standard InChI is InChI=1S/C12H24N2O4S/c1-5-18-12(17)8(4)14-11(16)10(15)9(13)6-19-7(2)3/h7-10,15H,5-6,13H2,1-4H3,(H,14,16)/t8-,9+,10?/m0/s1. The largest absolute Gasteiger partial charge is 0.464 e. The summed E-state index contributed by atoms with van der Waals surface area (Å²) in [5, 5.41) is 12.5. The Labute approximate surface area is 118 Å². The highest BCUT2D eigenvalue weighted by molar-refractivity contribution is 7.99. The number of esters is 1. The summed E-state index contributed by atoms with van der Waals surface area (Å²) in [6, 6.07) is -1.46. The molecule has 0 aromatic rings. The molecule has 0 fully saturated rings. The van der Waals surface area contributed by atoms with Gasteiger partial charge >= 0.3 is 5.97 Å². The third-order valence-corrected chi connectivity index (χ3v) is 3.54. The molecule has 0 aliphatic rings. The molecule has 0 bridgehead atoms. The Morgan fingerprint density at radius 1 is 1.37 bits per heavy atom. The summed E-state index contributed by atoms with van der Waals surface area (Å²) in [6.07, 6.45) is -1.33. The van der Waals surface area contributed by atoms with E-state index in [1.807, 2.05) is 13.8 Å². The number of ether oxygens (including phenoxy) is 1. The second-order valence-electron chi connectivity index (χ2n) is 4.47. The van der Waals surface area contributed by atoms with E-state index >= 15 is 0 Å². The Kier molecular flexibility index (Phi) is 8.79. The molecular formula is C12H24N2O4S. The Morgan fingerprint density at radius 2 is 1.95 bits per heavy atom. The lowest BCUT2D eigenvalue weighted by Crippen LogP contribution is -2.51. The minimum absolute atomic E-state index is 0.242. The van der Waals surface area contributed by atoms with Crippen LogP contribution in [0.4, 0.5) is 0 Å². The first kappa shape index (κ1) is 18.2. The van der Waals surface area contributed by atoms with Gasteiger partial charge in [-0.3, -0.25) is 4.79 Å². The van der Waals surface area contributed by atoms with Crippen molar-refractivity contribution in [2.24, 2.45) is 5.73 Å². The van der Waals surface area contributed by atoms with Gasteiger partial charge in [0.2, 0.25) is 0 Å². The van der Waals surface area contributed by atoms with Crippen molar-refractivity contribution in [1.82, 2.24) is 5.32 Å². The van der Waals surface area contributed by atoms with Crippen molar-refractivity contribution in [2.75, 3.05) is 12.4 Å². The van der Waals surface area contributed by atoms with E-state index in [2.05, 4.69) is 5.32 Å². The van der Waals surface area contributed by atoms with E-state index in [0.29, 0.717) is 11.0 Å². The number of carbonyl (C=O) groups excluding carboxylic acids is 2. The number of hydrogen-bond acceptors (Lipinski definition) is 6. The van der Waals surface area contributed by atoms with Gasteiger partial charge in [-0.15, -0.1) is 0 Å². The molecule has 0 rings (SSSR count). The molecule has 3 atom stereocenters. The zero-order valence-corrected chi connectivity index (χ0v) is 12.7. The van der Waals surface area contributed by atoms with E-state index in [0.717, 1.165) is 0 Å². The molecule has 0 saturated heterocycles. The van der Waals surface area contributed by atoms with E-state index in [9.17, 15) is 14.7 Å². The minimum atomic E-state index is -1.33. The molecule has 1 unspecified atom stereocenters. The van der Waals surface area contributed by atoms with Gasteiger partial charge in [0.1, 0.15) is 12.1 Å². The number of aliphatic hydroxyl groups excluding tert-OH is 1. The van der Waals surface area contributed by atoms with Crippen molar-refractivity contribution < 1.29 is 19.4 Å². The van der Waals surface area contributed by atoms with Crippen LogP contribution in [0.1, 0.15) is 27.7 Å². The number of amides is 1. The molecule has 0 aliphatic carbocycles. The lowest BCUT2D eigenvalue weighted by atomic mass is 10.2. The Morgan fingerprint density at radius 3 is 2.42 bits per heavy atom. The van der Waals surface area contributed by atoms with Crippen molar-refractivity contribution in [3.05, 3.63) is 0 Å². The normalized spacial score (nSPS) is 15.7. The molecule has 7 heteroatoms. The van der Waals surface area contributed by atoms with E-state index in [1.165, 1.54) is 6.92 Å². The molecule has 0 aliphatic heterocycles. The van der Waals surface area contributed by atoms with Crippen molar-refractivity contribution in [1.29, 1.82) is 0 Å². The molecule has 6 nitrogen and oxygen atoms in total. The molecule has 0 aromatic heterocycles. The number of hydrogen-bond donors (Lipinski definition) is 3. The number of carbonyl (C=O) groups is 2. The van der Waals surface area contributed by atoms with Gasteiger partial charge in [0.25, 0.3) is 5.91 Å². The number of nitrogens with two attached hydrogens (primary N) is 1. The van der Waals surface area contributed by atoms with E-state index in [4.69, 9.17) is 10.5 Å². The fraction of sp³-hybridized carbons (Fsp3) is 0.833. The highest BCUT2D eigenvalue weighted by Crippen LogP contribution is 2.11. The number of rotatable bonds is 8. The van der Waals surface area contributed by atoms with E-state index < -0.39 is 30.1 Å². The summed E-state index contributed by atoms with van der Waals surface area (Å²) in [5.74, 6) is -0.717. The predicted molar refractivity (Wildman–Crippen MR) is 75.8 cm³/mol. The summed E-state index contributed by atoms with van der Waals surface area (Å²) < 4.78 is 4.75. The summed E-state index contributed by atoms with van der Waals surface area (Å²) in [6.45, 7) is 7.43. The SMILES string of the molecule is CCOC(=O)[C@H](C)NC(=O)C(O)[C@H](N)CSC(C)C. The van der Waals surface area contributed by atoms with Gasteiger partial charge in [-0.1, -0.05) is 13.8 Å². The first-order chi connectivity index (χ1) is 8.79. The Hall–Kier alpha value is -0.790. The molecule has 19 heavy (non-hydrogen) atoms. The quantitative estimate of drug-likeness (QED) is 0.539. The van der Waals surface area contributed by atoms with Crippen molar-refractivity contribution in [2.45, 2.75) is 51.1 Å². The lowest BCUT2D eigenvalue weighted by Gasteiger charge is -2.20. The van der Waals surface area contributed by atoms with E-state index in [1.54, 1.807) is 18.7 Å². The van der Waals surface area contributed by atoms with Gasteiger partial charge in [0.15, 0.2) is 0 Å². The van der Waals surface area contributed by atoms with Crippen LogP contribution in [-0.2, 0) is 14.3 Å². The van der Waals surface area contributed by atoms with Crippen LogP contribution in [0.2, 0.25) is 0 Å². The maximum absolute atomic E-state index is 11.7. The average molecular weight is 292 g/mol. The van der Waals surface area contributed by atoms with Gasteiger partial charge in [0.05, 0.1) is 6.61 Å². The van der Waals surface area contributed by atoms with Gasteiger partial charge in [-0.25, -0.2) is 4.79 Å². The van der Waals surface area contributed by atoms with Crippen LogP contribution in [-0.4, -0.2) is 52.8 Å². The minimum Gasteiger partial charge on any atom is -0.464 e. The van der Waals surface area contributed by atoms with Gasteiger partial charge in [-0.05, 0) is 19.1 Å². The fourth-order valence-electron chi connectivity index (χ4n) is 1.21. The highest BCUT2D eigenvalue weighted by atomic mass is 32.2. The van der Waals surface area contributed by atoms with Crippen LogP contribution in [0.15, 0.2) is 0 Å². The predicted octanol–water partition coefficient (Wildman–Crippen LogP) is -0.116. The zero-order valence-electron chi connectivity index (χ0n) is 11.9. The third kappa shape index (κ3) is 7.39. The van der Waals surface area contributed by atoms with Crippen molar-refractivity contribution in [3.8, 4) is 0 Å². The van der Waals surface area contributed by atoms with E-state index in [-0.39, 0.29) is 6.61 Å². The second kappa shape index (κ2) is 9.17. The number of thioether (sulfide) groups is 1. The van der Waals surface area contributed by atoms with Gasteiger partial charge in [0, 0.05) is 11.8 Å². The first-order valence-corrected chi connectivity index (χ1v) is 7.36. The molecule has 0 spiro atoms. The van der Waals surface area contributed by atoms with Crippen LogP contribution in [0, 0.1) is 0 Å². The maximum atomic E-state index is 11.7. The van der Waals surface area contributed by atoms with Crippen LogP contribution in [0.5, 0.6) is 0 Å². The maximum Gasteiger partial charge on any atom is 0.328 e. The number of aliphatic hydroxyl groups is 1. The molecule has 4 N–H and O–H groups in total. The molecule has 0 radical (unpaired) electrons. The molecule has 112 valence electrons. The fourth-order valence-corrected chi connectivity index (χ4v) is 2.00. The summed E-state index contributed by atoms with van der Waals surface area (Å²) in [7, 11) is 0. The Bertz CT molecular complexity index is 299. The Balaban J connectivity index is 4.21. The second-order valence-corrected chi connectivity index (χ2v) is 6.08. The lowest BCUT2D eigenvalue weighted by molar-refractivity contribution is -0.148. The average Bonchev–Trinajstić information content (AvgIpc) is 2.34. The van der Waals surface area contributed by atoms with Gasteiger partial charge in [-0.2, -0.15) is 11.8 Å². The highest BCUT2D eigenvalue weighted by Gasteiger charge is 2.26. The summed E-state index contributed by atoms with van der Waals surface area (Å²) in [4.78, 5) is 23.0. The van der Waals surface area contributed by atoms with Crippen molar-refractivity contribution in [3.63, 3.8) is 0 Å². The van der Waals surface area contributed by atoms with Crippen LogP contribution in [0.3, 0.4) is 0 Å². The molecule has 0 saturated carbocycles. The smallest absolute Gasteiger partial charge is 0.328 e. The third-order valence-electron chi connectivity index (χ3n) is 2.30. The molecule has 1 amide bonds. The molecular weight excluding hydrogens is 268 g/mol. The number of nitrogens with one attached hydrogen (secondary N) is 1. The summed E-state index contributed by atoms with van der Waals surface area (Å²) >= 11 is 1.56. The monoisotopic (exact) mass is 292 g/mol. The van der Waals surface area contributed by atoms with Crippen molar-refractivity contribution >= 4 is 23.6 Å². The zero-order chi connectivity index (χ0) is 15.0. The van der Waals surface area contributed by atoms with Crippen LogP contribution >= 0.6 is 11.8 Å². The van der Waals surface area contributed by atoms with Crippen LogP contribution in [0.25, 0.3) is 0 Å². The topological polar surface area (TPSA) is 102 Å². The van der Waals surface area contributed by atoms with Gasteiger partial charge < -0.3 is 20.9 Å². The van der Waals surface area contributed by atoms with Crippen LogP contribution < -0.4 is 11.1 Å². The molecule has 0 aromatic carbocycles. The summed E-state index contributed by atoms with van der Waals surface area (Å²) in [5.41, 5.74) is 5.73. The first-order valence-electron chi connectivity index (χ1n) is 6.31. The molecule has 0 heterocycles.